The molecule has 1 heterocycles. The lowest BCUT2D eigenvalue weighted by Gasteiger charge is -2.14. The Morgan fingerprint density at radius 1 is 1.16 bits per heavy atom. The number of fused-ring (bicyclic) bond motifs is 1. The van der Waals surface area contributed by atoms with Gasteiger partial charge >= 0.3 is 5.97 Å². The van der Waals surface area contributed by atoms with Gasteiger partial charge in [-0.05, 0) is 43.5 Å². The largest absolute Gasteiger partial charge is 0.494 e. The van der Waals surface area contributed by atoms with Crippen LogP contribution in [0.4, 0.5) is 0 Å². The quantitative estimate of drug-likeness (QED) is 0.325. The van der Waals surface area contributed by atoms with E-state index in [1.165, 1.54) is 7.11 Å². The average molecular weight is 437 g/mol. The summed E-state index contributed by atoms with van der Waals surface area (Å²) >= 11 is 0. The number of aromatic nitrogens is 1. The van der Waals surface area contributed by atoms with Crippen molar-refractivity contribution in [3.63, 3.8) is 0 Å². The van der Waals surface area contributed by atoms with E-state index in [9.17, 15) is 10.1 Å². The number of rotatable bonds is 10. The molecule has 0 saturated carbocycles. The van der Waals surface area contributed by atoms with Gasteiger partial charge in [0.2, 0.25) is 0 Å². The smallest absolute Gasteiger partial charge is 0.341 e. The van der Waals surface area contributed by atoms with Gasteiger partial charge in [-0.15, -0.1) is 0 Å². The van der Waals surface area contributed by atoms with Crippen molar-refractivity contribution in [3.8, 4) is 23.3 Å². The van der Waals surface area contributed by atoms with Crippen LogP contribution in [0.3, 0.4) is 0 Å². The highest BCUT2D eigenvalue weighted by molar-refractivity contribution is 5.93. The van der Waals surface area contributed by atoms with E-state index in [0.717, 1.165) is 28.8 Å². The van der Waals surface area contributed by atoms with E-state index in [1.54, 1.807) is 31.3 Å². The lowest BCUT2D eigenvalue weighted by Crippen LogP contribution is -2.10. The average Bonchev–Trinajstić information content (AvgIpc) is 3.15. The van der Waals surface area contributed by atoms with Crippen molar-refractivity contribution in [2.75, 3.05) is 27.1 Å². The Morgan fingerprint density at radius 3 is 2.66 bits per heavy atom. The topological polar surface area (TPSA) is 82.7 Å². The monoisotopic (exact) mass is 436 g/mol. The van der Waals surface area contributed by atoms with Gasteiger partial charge in [0.1, 0.15) is 23.1 Å². The molecule has 7 heteroatoms. The highest BCUT2D eigenvalue weighted by Gasteiger charge is 2.17. The molecule has 0 fully saturated rings. The number of hydrogen-bond acceptors (Lipinski definition) is 6. The molecule has 3 aromatic rings. The molecule has 0 N–H and O–H groups in total. The minimum Gasteiger partial charge on any atom is -0.494 e. The number of benzene rings is 2. The lowest BCUT2D eigenvalue weighted by molar-refractivity contribution is 0.0438. The van der Waals surface area contributed by atoms with Crippen molar-refractivity contribution in [2.24, 2.45) is 5.92 Å². The molecule has 0 unspecified atom stereocenters. The molecule has 32 heavy (non-hydrogen) atoms. The molecule has 1 aromatic heterocycles. The van der Waals surface area contributed by atoms with Gasteiger partial charge in [-0.2, -0.15) is 5.26 Å². The second kappa shape index (κ2) is 10.7. The summed E-state index contributed by atoms with van der Waals surface area (Å²) in [4.78, 5) is 12.3. The lowest BCUT2D eigenvalue weighted by atomic mass is 10.1. The summed E-state index contributed by atoms with van der Waals surface area (Å²) in [6.45, 7) is 6.92. The molecular weight excluding hydrogens is 408 g/mol. The van der Waals surface area contributed by atoms with Gasteiger partial charge in [0, 0.05) is 36.5 Å². The van der Waals surface area contributed by atoms with Crippen molar-refractivity contribution in [3.05, 3.63) is 53.7 Å². The van der Waals surface area contributed by atoms with E-state index >= 15 is 0 Å². The van der Waals surface area contributed by atoms with Gasteiger partial charge in [0.25, 0.3) is 0 Å². The molecule has 0 atom stereocenters. The van der Waals surface area contributed by atoms with Gasteiger partial charge in [-0.1, -0.05) is 13.8 Å². The number of nitrogens with zero attached hydrogens (tertiary/aromatic N) is 2. The minimum atomic E-state index is -0.471. The highest BCUT2D eigenvalue weighted by atomic mass is 16.7. The predicted octanol–water partition coefficient (Wildman–Crippen LogP) is 5.09. The number of methoxy groups -OCH3 is 1. The zero-order chi connectivity index (χ0) is 23.1. The van der Waals surface area contributed by atoms with Crippen LogP contribution in [-0.4, -0.2) is 37.7 Å². The molecule has 7 nitrogen and oxygen atoms in total. The Balaban J connectivity index is 2.04. The van der Waals surface area contributed by atoms with Gasteiger partial charge in [0.05, 0.1) is 24.3 Å². The molecule has 0 aliphatic rings. The number of nitriles is 1. The highest BCUT2D eigenvalue weighted by Crippen LogP contribution is 2.31. The Bertz CT molecular complexity index is 1130. The summed E-state index contributed by atoms with van der Waals surface area (Å²) in [7, 11) is 1.51. The first-order chi connectivity index (χ1) is 15.5. The van der Waals surface area contributed by atoms with Gasteiger partial charge in [-0.25, -0.2) is 4.79 Å². The Hall–Kier alpha value is -3.50. The molecule has 0 spiro atoms. The van der Waals surface area contributed by atoms with E-state index in [1.807, 2.05) is 22.8 Å². The molecule has 0 aliphatic carbocycles. The van der Waals surface area contributed by atoms with Crippen LogP contribution in [0.5, 0.6) is 11.5 Å². The Kier molecular flexibility index (Phi) is 7.74. The van der Waals surface area contributed by atoms with E-state index in [-0.39, 0.29) is 13.4 Å². The van der Waals surface area contributed by atoms with Crippen LogP contribution in [0.2, 0.25) is 0 Å². The molecule has 0 bridgehead atoms. The van der Waals surface area contributed by atoms with Crippen molar-refractivity contribution in [1.29, 1.82) is 5.26 Å². The van der Waals surface area contributed by atoms with Crippen molar-refractivity contribution < 1.29 is 23.7 Å². The normalized spacial score (nSPS) is 10.9. The van der Waals surface area contributed by atoms with Crippen LogP contribution in [0.15, 0.2) is 42.6 Å². The summed E-state index contributed by atoms with van der Waals surface area (Å²) in [5.74, 6) is 1.16. The van der Waals surface area contributed by atoms with Gasteiger partial charge < -0.3 is 23.5 Å². The molecule has 0 aliphatic heterocycles. The molecule has 0 amide bonds. The first-order valence-corrected chi connectivity index (χ1v) is 10.6. The number of carbonyl (C=O) groups excluding carboxylic acids is 1. The second-order valence-corrected chi connectivity index (χ2v) is 7.69. The van der Waals surface area contributed by atoms with Gasteiger partial charge in [-0.3, -0.25) is 0 Å². The third kappa shape index (κ3) is 5.21. The summed E-state index contributed by atoms with van der Waals surface area (Å²) in [6, 6.07) is 13.1. The first-order valence-electron chi connectivity index (χ1n) is 10.6. The first kappa shape index (κ1) is 23.2. The van der Waals surface area contributed by atoms with E-state index in [0.29, 0.717) is 29.4 Å². The third-order valence-electron chi connectivity index (χ3n) is 4.93. The fraction of sp³-hybridized carbons (Fsp3) is 0.360. The predicted molar refractivity (Wildman–Crippen MR) is 121 cm³/mol. The number of carbonyl (C=O) groups is 1. The second-order valence-electron chi connectivity index (χ2n) is 7.69. The number of esters is 1. The maximum Gasteiger partial charge on any atom is 0.341 e. The van der Waals surface area contributed by atoms with Crippen molar-refractivity contribution in [1.82, 2.24) is 4.57 Å². The van der Waals surface area contributed by atoms with Gasteiger partial charge in [0.15, 0.2) is 6.79 Å². The third-order valence-corrected chi connectivity index (χ3v) is 4.93. The van der Waals surface area contributed by atoms with Crippen LogP contribution < -0.4 is 9.47 Å². The van der Waals surface area contributed by atoms with Crippen LogP contribution in [0, 0.1) is 17.2 Å². The fourth-order valence-corrected chi connectivity index (χ4v) is 3.29. The zero-order valence-corrected chi connectivity index (χ0v) is 18.9. The minimum absolute atomic E-state index is 0.0143. The molecule has 3 rings (SSSR count). The Morgan fingerprint density at radius 2 is 1.97 bits per heavy atom. The number of ether oxygens (including phenoxy) is 4. The van der Waals surface area contributed by atoms with Crippen LogP contribution in [-0.2, 0) is 9.47 Å². The summed E-state index contributed by atoms with van der Waals surface area (Å²) in [6.07, 6.45) is 2.72. The molecule has 168 valence electrons. The Labute approximate surface area is 188 Å². The molecule has 0 saturated heterocycles. The molecule has 0 radical (unpaired) electrons. The van der Waals surface area contributed by atoms with Crippen molar-refractivity contribution >= 4 is 16.9 Å². The molecule has 2 aromatic carbocycles. The maximum atomic E-state index is 12.3. The summed E-state index contributed by atoms with van der Waals surface area (Å²) in [5, 5.41) is 10.4. The maximum absolute atomic E-state index is 12.3. The van der Waals surface area contributed by atoms with E-state index in [4.69, 9.17) is 18.9 Å². The SMILES string of the molecule is CCOC(=O)c1ccc(-n2cc(C#N)c3ccc(OCCC(C)C)cc32)cc1OCOC. The van der Waals surface area contributed by atoms with E-state index in [2.05, 4.69) is 19.9 Å². The van der Waals surface area contributed by atoms with E-state index < -0.39 is 5.97 Å². The standard InChI is InChI=1S/C25H28N2O5/c1-5-30-25(28)22-8-6-19(12-24(22)32-16-29-4)27-15-18(14-26)21-9-7-20(13-23(21)27)31-11-10-17(2)3/h6-9,12-13,15,17H,5,10-11,16H2,1-4H3. The van der Waals surface area contributed by atoms with Crippen LogP contribution >= 0.6 is 0 Å². The summed E-state index contributed by atoms with van der Waals surface area (Å²) in [5.41, 5.74) is 2.41. The van der Waals surface area contributed by atoms with Crippen LogP contribution in [0.1, 0.15) is 43.1 Å². The van der Waals surface area contributed by atoms with Crippen LogP contribution in [0.25, 0.3) is 16.6 Å². The fourth-order valence-electron chi connectivity index (χ4n) is 3.29. The zero-order valence-electron chi connectivity index (χ0n) is 18.9. The summed E-state index contributed by atoms with van der Waals surface area (Å²) < 4.78 is 23.6. The van der Waals surface area contributed by atoms with Crippen molar-refractivity contribution in [2.45, 2.75) is 27.2 Å². The number of hydrogen-bond donors (Lipinski definition) is 0. The molecular formula is C25H28N2O5.